The number of nitrogens with zero attached hydrogens (tertiary/aromatic N) is 1. The number of hydrogen-bond acceptors (Lipinski definition) is 1. The molecule has 3 atom stereocenters. The normalized spacial score (nSPS) is 15.2. The summed E-state index contributed by atoms with van der Waals surface area (Å²) >= 11 is 0. The van der Waals surface area contributed by atoms with Crippen LogP contribution in [-0.4, -0.2) is 24.0 Å². The van der Waals surface area contributed by atoms with Crippen LogP contribution in [0.5, 0.6) is 0 Å². The van der Waals surface area contributed by atoms with Crippen LogP contribution in [0.25, 0.3) is 0 Å². The standard InChI is InChI=1S/C20H35N/c1-7-12-13-15-19(11-5)20(18(6)14-8-2)21(16-9-3)17-10-4/h8-11,18-20H,2-5,7,12-17H2,1,6H3. The van der Waals surface area contributed by atoms with Gasteiger partial charge < -0.3 is 0 Å². The van der Waals surface area contributed by atoms with Crippen molar-refractivity contribution in [2.75, 3.05) is 13.1 Å². The van der Waals surface area contributed by atoms with E-state index in [1.807, 2.05) is 18.2 Å². The van der Waals surface area contributed by atoms with Gasteiger partial charge in [-0.15, -0.1) is 26.3 Å². The van der Waals surface area contributed by atoms with Crippen molar-refractivity contribution in [3.05, 3.63) is 50.6 Å². The predicted octanol–water partition coefficient (Wildman–Crippen LogP) is 5.62. The summed E-state index contributed by atoms with van der Waals surface area (Å²) in [6.07, 6.45) is 14.3. The average molecular weight is 290 g/mol. The number of allylic oxidation sites excluding steroid dienone is 1. The highest BCUT2D eigenvalue weighted by molar-refractivity contribution is 4.97. The van der Waals surface area contributed by atoms with Crippen LogP contribution in [0.1, 0.15) is 46.0 Å². The van der Waals surface area contributed by atoms with Gasteiger partial charge in [0, 0.05) is 19.1 Å². The molecule has 1 heteroatoms. The summed E-state index contributed by atoms with van der Waals surface area (Å²) < 4.78 is 0. The zero-order valence-corrected chi connectivity index (χ0v) is 14.3. The Labute approximate surface area is 133 Å². The SMILES string of the molecule is C=CCC(C)C(C(C=C)CCCCC)N(CC=C)CC=C. The van der Waals surface area contributed by atoms with E-state index < -0.39 is 0 Å². The zero-order chi connectivity index (χ0) is 16.1. The van der Waals surface area contributed by atoms with E-state index in [-0.39, 0.29) is 0 Å². The second-order valence-corrected chi connectivity index (χ2v) is 5.92. The predicted molar refractivity (Wildman–Crippen MR) is 97.6 cm³/mol. The molecule has 120 valence electrons. The summed E-state index contributed by atoms with van der Waals surface area (Å²) in [4.78, 5) is 2.48. The molecule has 3 unspecified atom stereocenters. The molecule has 0 rings (SSSR count). The summed E-state index contributed by atoms with van der Waals surface area (Å²) in [5.41, 5.74) is 0. The van der Waals surface area contributed by atoms with Gasteiger partial charge in [0.25, 0.3) is 0 Å². The molecule has 1 nitrogen and oxygen atoms in total. The first-order valence-corrected chi connectivity index (χ1v) is 8.35. The molecule has 0 aromatic heterocycles. The van der Waals surface area contributed by atoms with Gasteiger partial charge in [-0.25, -0.2) is 0 Å². The lowest BCUT2D eigenvalue weighted by molar-refractivity contribution is 0.134. The van der Waals surface area contributed by atoms with E-state index in [2.05, 4.69) is 51.1 Å². The molecule has 0 bridgehead atoms. The van der Waals surface area contributed by atoms with Crippen LogP contribution in [0.2, 0.25) is 0 Å². The second-order valence-electron chi connectivity index (χ2n) is 5.92. The molecular formula is C20H35N. The van der Waals surface area contributed by atoms with Crippen molar-refractivity contribution in [3.8, 4) is 0 Å². The van der Waals surface area contributed by atoms with E-state index in [1.54, 1.807) is 0 Å². The Morgan fingerprint density at radius 3 is 2.00 bits per heavy atom. The first-order chi connectivity index (χ1) is 10.2. The van der Waals surface area contributed by atoms with E-state index in [0.717, 1.165) is 19.5 Å². The van der Waals surface area contributed by atoms with Crippen LogP contribution in [0.15, 0.2) is 50.6 Å². The third-order valence-corrected chi connectivity index (χ3v) is 4.15. The van der Waals surface area contributed by atoms with Gasteiger partial charge in [-0.3, -0.25) is 4.90 Å². The van der Waals surface area contributed by atoms with Gasteiger partial charge in [0.2, 0.25) is 0 Å². The average Bonchev–Trinajstić information content (AvgIpc) is 2.46. The van der Waals surface area contributed by atoms with Gasteiger partial charge in [-0.05, 0) is 24.7 Å². The molecule has 21 heavy (non-hydrogen) atoms. The Hall–Kier alpha value is -1.08. The lowest BCUT2D eigenvalue weighted by atomic mass is 9.83. The minimum atomic E-state index is 0.480. The maximum absolute atomic E-state index is 4.10. The molecular weight excluding hydrogens is 254 g/mol. The summed E-state index contributed by atoms with van der Waals surface area (Å²) in [7, 11) is 0. The highest BCUT2D eigenvalue weighted by Crippen LogP contribution is 2.28. The fourth-order valence-electron chi connectivity index (χ4n) is 3.16. The fourth-order valence-corrected chi connectivity index (χ4v) is 3.16. The van der Waals surface area contributed by atoms with E-state index in [4.69, 9.17) is 0 Å². The molecule has 0 fully saturated rings. The number of rotatable bonds is 14. The number of unbranched alkanes of at least 4 members (excludes halogenated alkanes) is 2. The van der Waals surface area contributed by atoms with Crippen LogP contribution in [-0.2, 0) is 0 Å². The Kier molecular flexibility index (Phi) is 12.0. The topological polar surface area (TPSA) is 3.24 Å². The molecule has 0 N–H and O–H groups in total. The monoisotopic (exact) mass is 289 g/mol. The Balaban J connectivity index is 5.11. The first kappa shape index (κ1) is 19.9. The van der Waals surface area contributed by atoms with Crippen LogP contribution in [0.3, 0.4) is 0 Å². The van der Waals surface area contributed by atoms with Gasteiger partial charge in [-0.2, -0.15) is 0 Å². The Morgan fingerprint density at radius 2 is 1.57 bits per heavy atom. The fraction of sp³-hybridized carbons (Fsp3) is 0.600. The van der Waals surface area contributed by atoms with Crippen molar-refractivity contribution in [2.45, 2.75) is 52.0 Å². The zero-order valence-electron chi connectivity index (χ0n) is 14.3. The summed E-state index contributed by atoms with van der Waals surface area (Å²) in [5, 5.41) is 0. The van der Waals surface area contributed by atoms with Gasteiger partial charge in [0.05, 0.1) is 0 Å². The highest BCUT2D eigenvalue weighted by Gasteiger charge is 2.28. The molecule has 0 saturated carbocycles. The smallest absolute Gasteiger partial charge is 0.0193 e. The maximum atomic E-state index is 4.10. The molecule has 0 amide bonds. The first-order valence-electron chi connectivity index (χ1n) is 8.35. The molecule has 0 aliphatic rings. The van der Waals surface area contributed by atoms with Crippen molar-refractivity contribution in [3.63, 3.8) is 0 Å². The lowest BCUT2D eigenvalue weighted by Crippen LogP contribution is -2.44. The van der Waals surface area contributed by atoms with Crippen molar-refractivity contribution >= 4 is 0 Å². The van der Waals surface area contributed by atoms with Crippen molar-refractivity contribution in [2.24, 2.45) is 11.8 Å². The third kappa shape index (κ3) is 7.47. The summed E-state index contributed by atoms with van der Waals surface area (Å²) in [6, 6.07) is 0.480. The Morgan fingerprint density at radius 1 is 0.952 bits per heavy atom. The quantitative estimate of drug-likeness (QED) is 0.296. The molecule has 0 heterocycles. The molecule has 0 spiro atoms. The Bertz CT molecular complexity index is 295. The van der Waals surface area contributed by atoms with Gasteiger partial charge >= 0.3 is 0 Å². The molecule has 0 aromatic rings. The third-order valence-electron chi connectivity index (χ3n) is 4.15. The van der Waals surface area contributed by atoms with E-state index in [9.17, 15) is 0 Å². The second kappa shape index (κ2) is 12.6. The number of hydrogen-bond donors (Lipinski definition) is 0. The molecule has 0 aromatic carbocycles. The van der Waals surface area contributed by atoms with Crippen molar-refractivity contribution in [1.29, 1.82) is 0 Å². The van der Waals surface area contributed by atoms with Crippen molar-refractivity contribution < 1.29 is 0 Å². The van der Waals surface area contributed by atoms with Crippen LogP contribution >= 0.6 is 0 Å². The van der Waals surface area contributed by atoms with Crippen LogP contribution in [0.4, 0.5) is 0 Å². The molecule has 0 saturated heterocycles. The van der Waals surface area contributed by atoms with Crippen LogP contribution < -0.4 is 0 Å². The van der Waals surface area contributed by atoms with E-state index >= 15 is 0 Å². The van der Waals surface area contributed by atoms with Crippen LogP contribution in [0, 0.1) is 11.8 Å². The lowest BCUT2D eigenvalue weighted by Gasteiger charge is -2.39. The molecule has 0 aliphatic carbocycles. The summed E-state index contributed by atoms with van der Waals surface area (Å²) in [6.45, 7) is 22.2. The van der Waals surface area contributed by atoms with Gasteiger partial charge in [0.15, 0.2) is 0 Å². The van der Waals surface area contributed by atoms with E-state index in [1.165, 1.54) is 25.7 Å². The minimum Gasteiger partial charge on any atom is -0.292 e. The maximum Gasteiger partial charge on any atom is 0.0193 e. The van der Waals surface area contributed by atoms with E-state index in [0.29, 0.717) is 17.9 Å². The minimum absolute atomic E-state index is 0.480. The van der Waals surface area contributed by atoms with Gasteiger partial charge in [-0.1, -0.05) is 57.4 Å². The summed E-state index contributed by atoms with van der Waals surface area (Å²) in [5.74, 6) is 1.08. The van der Waals surface area contributed by atoms with Gasteiger partial charge in [0.1, 0.15) is 0 Å². The largest absolute Gasteiger partial charge is 0.292 e. The highest BCUT2D eigenvalue weighted by atomic mass is 15.2. The van der Waals surface area contributed by atoms with Crippen molar-refractivity contribution in [1.82, 2.24) is 4.90 Å². The molecule has 0 radical (unpaired) electrons. The molecule has 0 aliphatic heterocycles.